The molecule has 0 aliphatic carbocycles. The summed E-state index contributed by atoms with van der Waals surface area (Å²) in [7, 11) is -4.56. The van der Waals surface area contributed by atoms with Gasteiger partial charge in [0.2, 0.25) is 5.91 Å². The molecule has 0 rings (SSSR count). The summed E-state index contributed by atoms with van der Waals surface area (Å²) in [5.41, 5.74) is 3.61. The number of nitrogens with one attached hydrogen (secondary N) is 1. The fourth-order valence-corrected chi connectivity index (χ4v) is 3.76. The lowest BCUT2D eigenvalue weighted by molar-refractivity contribution is -0.172. The molecule has 0 aromatic heterocycles. The number of phosphoric ester groups is 1. The number of carbonyl (C=O) groups excluding carboxylic acids is 3. The maximum atomic E-state index is 13.0. The van der Waals surface area contributed by atoms with Crippen LogP contribution in [-0.2, 0) is 37.5 Å². The highest BCUT2D eigenvalue weighted by Crippen LogP contribution is 2.43. The van der Waals surface area contributed by atoms with Gasteiger partial charge in [-0.3, -0.25) is 23.4 Å². The summed E-state index contributed by atoms with van der Waals surface area (Å²) in [5, 5.41) is 2.40. The van der Waals surface area contributed by atoms with Crippen LogP contribution in [-0.4, -0.2) is 61.8 Å². The van der Waals surface area contributed by atoms with Crippen molar-refractivity contribution in [1.29, 1.82) is 0 Å². The average molecular weight is 581 g/mol. The molecule has 0 saturated carbocycles. The lowest BCUT2D eigenvalue weighted by Crippen LogP contribution is -2.37. The summed E-state index contributed by atoms with van der Waals surface area (Å²) < 4.78 is 33.3. The molecule has 0 radical (unpaired) electrons. The minimum absolute atomic E-state index is 0.0126. The van der Waals surface area contributed by atoms with Gasteiger partial charge in [0.25, 0.3) is 0 Å². The first-order valence-corrected chi connectivity index (χ1v) is 15.0. The lowest BCUT2D eigenvalue weighted by atomic mass is 9.80. The van der Waals surface area contributed by atoms with Gasteiger partial charge in [-0.15, -0.1) is 0 Å². The highest BCUT2D eigenvalue weighted by Gasteiger charge is 2.36. The lowest BCUT2D eigenvalue weighted by Gasteiger charge is -2.30. The Bertz CT molecular complexity index is 845. The Labute approximate surface area is 234 Å². The Morgan fingerprint density at radius 2 is 1.28 bits per heavy atom. The van der Waals surface area contributed by atoms with Crippen molar-refractivity contribution >= 4 is 25.7 Å². The molecule has 11 nitrogen and oxygen atoms in total. The maximum Gasteiger partial charge on any atom is 0.472 e. The molecular formula is C27H53N2O9P. The molecule has 2 atom stereocenters. The second-order valence-electron chi connectivity index (χ2n) is 13.7. The Hall–Kier alpha value is -1.52. The normalized spacial score (nSPS) is 15.3. The van der Waals surface area contributed by atoms with E-state index >= 15 is 0 Å². The number of esters is 2. The summed E-state index contributed by atoms with van der Waals surface area (Å²) in [6.45, 7) is 18.1. The monoisotopic (exact) mass is 580 g/mol. The van der Waals surface area contributed by atoms with E-state index in [9.17, 15) is 23.8 Å². The van der Waals surface area contributed by atoms with Crippen LogP contribution in [0.1, 0.15) is 94.9 Å². The van der Waals surface area contributed by atoms with Crippen LogP contribution in [0, 0.1) is 21.7 Å². The third kappa shape index (κ3) is 17.7. The second-order valence-corrected chi connectivity index (χ2v) is 15.1. The largest absolute Gasteiger partial charge is 0.472 e. The van der Waals surface area contributed by atoms with E-state index in [4.69, 9.17) is 24.3 Å². The summed E-state index contributed by atoms with van der Waals surface area (Å²) >= 11 is 0. The van der Waals surface area contributed by atoms with Crippen LogP contribution in [0.5, 0.6) is 0 Å². The molecule has 0 aliphatic heterocycles. The number of hydrogen-bond donors (Lipinski definition) is 3. The van der Waals surface area contributed by atoms with Gasteiger partial charge in [-0.1, -0.05) is 41.5 Å². The van der Waals surface area contributed by atoms with Crippen LogP contribution < -0.4 is 11.1 Å². The Morgan fingerprint density at radius 3 is 1.74 bits per heavy atom. The summed E-state index contributed by atoms with van der Waals surface area (Å²) in [6, 6.07) is 0. The molecule has 0 spiro atoms. The average Bonchev–Trinajstić information content (AvgIpc) is 2.79. The smallest absolute Gasteiger partial charge is 0.461 e. The van der Waals surface area contributed by atoms with Gasteiger partial charge in [0.15, 0.2) is 6.10 Å². The molecular weight excluding hydrogens is 527 g/mol. The second kappa shape index (κ2) is 15.5. The Kier molecular flexibility index (Phi) is 14.9. The minimum atomic E-state index is -4.56. The standard InChI is InChI=1S/C27H53N2O9P/c1-24(2,3)11-13-26(7,8)22(31)35-18-20(38-23(32)27(9,10)14-12-25(4,5)6)19-37-39(33,34)36-16-15-29-21(30)17-28/h20H,11-19,28H2,1-10H3,(H,29,30)(H,33,34). The molecule has 0 aliphatic rings. The van der Waals surface area contributed by atoms with E-state index in [1.807, 2.05) is 0 Å². The predicted molar refractivity (Wildman–Crippen MR) is 150 cm³/mol. The highest BCUT2D eigenvalue weighted by atomic mass is 31.2. The Balaban J connectivity index is 5.36. The fourth-order valence-electron chi connectivity index (χ4n) is 3.01. The van der Waals surface area contributed by atoms with Gasteiger partial charge < -0.3 is 25.4 Å². The quantitative estimate of drug-likeness (QED) is 0.128. The van der Waals surface area contributed by atoms with Crippen molar-refractivity contribution in [1.82, 2.24) is 5.32 Å². The van der Waals surface area contributed by atoms with Crippen LogP contribution in [0.25, 0.3) is 0 Å². The van der Waals surface area contributed by atoms with E-state index in [-0.39, 0.29) is 37.1 Å². The number of rotatable bonds is 17. The molecule has 1 amide bonds. The van der Waals surface area contributed by atoms with Crippen molar-refractivity contribution in [2.75, 3.05) is 32.9 Å². The summed E-state index contributed by atoms with van der Waals surface area (Å²) in [5.74, 6) is -1.46. The number of nitrogens with two attached hydrogens (primary N) is 1. The molecule has 0 aromatic carbocycles. The van der Waals surface area contributed by atoms with Gasteiger partial charge in [0.05, 0.1) is 30.6 Å². The zero-order chi connectivity index (χ0) is 30.7. The molecule has 12 heteroatoms. The van der Waals surface area contributed by atoms with Gasteiger partial charge in [-0.2, -0.15) is 0 Å². The first kappa shape index (κ1) is 37.5. The number of carbonyl (C=O) groups is 3. The van der Waals surface area contributed by atoms with Gasteiger partial charge in [0.1, 0.15) is 6.61 Å². The zero-order valence-electron chi connectivity index (χ0n) is 25.7. The van der Waals surface area contributed by atoms with Gasteiger partial charge in [-0.25, -0.2) is 4.57 Å². The number of ether oxygens (including phenoxy) is 2. The maximum absolute atomic E-state index is 13.0. The van der Waals surface area contributed by atoms with Crippen molar-refractivity contribution in [2.45, 2.75) is 101 Å². The topological polar surface area (TPSA) is 163 Å². The van der Waals surface area contributed by atoms with Crippen LogP contribution in [0.4, 0.5) is 0 Å². The minimum Gasteiger partial charge on any atom is -0.461 e. The van der Waals surface area contributed by atoms with E-state index in [1.165, 1.54) is 0 Å². The molecule has 0 aromatic rings. The molecule has 39 heavy (non-hydrogen) atoms. The number of amides is 1. The third-order valence-corrected chi connectivity index (χ3v) is 7.05. The zero-order valence-corrected chi connectivity index (χ0v) is 26.6. The van der Waals surface area contributed by atoms with Crippen molar-refractivity contribution < 1.29 is 42.4 Å². The van der Waals surface area contributed by atoms with Crippen molar-refractivity contribution in [3.05, 3.63) is 0 Å². The van der Waals surface area contributed by atoms with E-state index in [2.05, 4.69) is 46.9 Å². The highest BCUT2D eigenvalue weighted by molar-refractivity contribution is 7.47. The van der Waals surface area contributed by atoms with Crippen LogP contribution in [0.2, 0.25) is 0 Å². The summed E-state index contributed by atoms with van der Waals surface area (Å²) in [4.78, 5) is 47.1. The third-order valence-electron chi connectivity index (χ3n) is 6.07. The van der Waals surface area contributed by atoms with Crippen molar-refractivity contribution in [3.8, 4) is 0 Å². The van der Waals surface area contributed by atoms with Gasteiger partial charge >= 0.3 is 19.8 Å². The van der Waals surface area contributed by atoms with Crippen LogP contribution in [0.3, 0.4) is 0 Å². The fraction of sp³-hybridized carbons (Fsp3) is 0.889. The summed E-state index contributed by atoms with van der Waals surface area (Å²) in [6.07, 6.45) is 1.58. The van der Waals surface area contributed by atoms with Crippen molar-refractivity contribution in [2.24, 2.45) is 27.4 Å². The van der Waals surface area contributed by atoms with Crippen molar-refractivity contribution in [3.63, 3.8) is 0 Å². The van der Waals surface area contributed by atoms with Gasteiger partial charge in [-0.05, 0) is 64.2 Å². The SMILES string of the molecule is CC(C)(C)CCC(C)(C)C(=O)OCC(COP(=O)(O)OCCNC(=O)CN)OC(=O)C(C)(C)CCC(C)(C)C. The molecule has 230 valence electrons. The van der Waals surface area contributed by atoms with E-state index in [0.717, 1.165) is 12.8 Å². The first-order valence-electron chi connectivity index (χ1n) is 13.5. The van der Waals surface area contributed by atoms with E-state index in [1.54, 1.807) is 27.7 Å². The molecule has 0 saturated heterocycles. The van der Waals surface area contributed by atoms with Crippen LogP contribution >= 0.6 is 7.82 Å². The van der Waals surface area contributed by atoms with E-state index < -0.39 is 49.2 Å². The molecule has 2 unspecified atom stereocenters. The number of hydrogen-bond acceptors (Lipinski definition) is 9. The van der Waals surface area contributed by atoms with Gasteiger partial charge in [0, 0.05) is 6.54 Å². The number of phosphoric acid groups is 1. The first-order chi connectivity index (χ1) is 17.5. The predicted octanol–water partition coefficient (Wildman–Crippen LogP) is 4.35. The van der Waals surface area contributed by atoms with E-state index in [0.29, 0.717) is 12.8 Å². The molecule has 0 fully saturated rings. The molecule has 4 N–H and O–H groups in total. The Morgan fingerprint density at radius 1 is 0.795 bits per heavy atom. The molecule has 0 heterocycles. The van der Waals surface area contributed by atoms with Crippen LogP contribution in [0.15, 0.2) is 0 Å². The molecule has 0 bridgehead atoms.